The van der Waals surface area contributed by atoms with Gasteiger partial charge in [-0.1, -0.05) is 36.4 Å². The van der Waals surface area contributed by atoms with Gasteiger partial charge in [0.05, 0.1) is 23.4 Å². The Morgan fingerprint density at radius 2 is 1.90 bits per heavy atom. The maximum absolute atomic E-state index is 12.8. The van der Waals surface area contributed by atoms with Crippen molar-refractivity contribution in [2.75, 3.05) is 12.4 Å². The topological polar surface area (TPSA) is 79.9 Å². The van der Waals surface area contributed by atoms with Gasteiger partial charge >= 0.3 is 0 Å². The van der Waals surface area contributed by atoms with Crippen LogP contribution in [0.4, 0.5) is 5.69 Å². The second-order valence-electron chi connectivity index (χ2n) is 6.51. The van der Waals surface area contributed by atoms with Crippen LogP contribution in [0, 0.1) is 11.3 Å². The quantitative estimate of drug-likeness (QED) is 0.341. The second kappa shape index (κ2) is 9.11. The number of nitriles is 1. The number of methoxy groups -OCH3 is 1. The lowest BCUT2D eigenvalue weighted by molar-refractivity contribution is -0.112. The first-order valence-electron chi connectivity index (χ1n) is 9.44. The first-order valence-corrected chi connectivity index (χ1v) is 10.3. The summed E-state index contributed by atoms with van der Waals surface area (Å²) < 4.78 is 7.01. The van der Waals surface area contributed by atoms with Crippen molar-refractivity contribution in [3.05, 3.63) is 89.4 Å². The van der Waals surface area contributed by atoms with Gasteiger partial charge in [-0.15, -0.1) is 11.3 Å². The molecule has 0 saturated carbocycles. The van der Waals surface area contributed by atoms with Gasteiger partial charge in [0.2, 0.25) is 0 Å². The van der Waals surface area contributed by atoms with E-state index < -0.39 is 5.91 Å². The van der Waals surface area contributed by atoms with E-state index in [4.69, 9.17) is 9.84 Å². The molecule has 0 atom stereocenters. The molecule has 1 amide bonds. The number of amides is 1. The average Bonchev–Trinajstić information content (AvgIpc) is 3.48. The Hall–Kier alpha value is -4.15. The molecule has 2 aromatic heterocycles. The highest BCUT2D eigenvalue weighted by Crippen LogP contribution is 2.30. The number of carbonyl (C=O) groups excluding carboxylic acids is 1. The van der Waals surface area contributed by atoms with E-state index in [1.807, 2.05) is 60.1 Å². The van der Waals surface area contributed by atoms with E-state index in [1.54, 1.807) is 46.4 Å². The summed E-state index contributed by atoms with van der Waals surface area (Å²) in [4.78, 5) is 13.8. The molecule has 0 aliphatic heterocycles. The molecular formula is C24H18N4O2S. The normalized spacial score (nSPS) is 11.0. The van der Waals surface area contributed by atoms with Crippen molar-refractivity contribution in [1.82, 2.24) is 9.78 Å². The molecule has 2 aromatic carbocycles. The van der Waals surface area contributed by atoms with E-state index in [-0.39, 0.29) is 5.57 Å². The fourth-order valence-corrected chi connectivity index (χ4v) is 3.78. The molecule has 0 spiro atoms. The maximum Gasteiger partial charge on any atom is 0.266 e. The van der Waals surface area contributed by atoms with Crippen LogP contribution in [-0.2, 0) is 4.79 Å². The van der Waals surface area contributed by atoms with E-state index in [9.17, 15) is 10.1 Å². The Kier molecular flexibility index (Phi) is 5.92. The number of carbonyl (C=O) groups is 1. The number of aromatic nitrogens is 2. The van der Waals surface area contributed by atoms with E-state index in [1.165, 1.54) is 7.11 Å². The van der Waals surface area contributed by atoms with Gasteiger partial charge in [-0.3, -0.25) is 4.79 Å². The van der Waals surface area contributed by atoms with Crippen molar-refractivity contribution in [3.63, 3.8) is 0 Å². The van der Waals surface area contributed by atoms with Crippen molar-refractivity contribution < 1.29 is 9.53 Å². The molecule has 7 heteroatoms. The summed E-state index contributed by atoms with van der Waals surface area (Å²) in [6.07, 6.45) is 3.38. The molecule has 6 nitrogen and oxygen atoms in total. The lowest BCUT2D eigenvalue weighted by Crippen LogP contribution is -2.14. The van der Waals surface area contributed by atoms with Crippen molar-refractivity contribution in [3.8, 4) is 28.1 Å². The van der Waals surface area contributed by atoms with Crippen LogP contribution >= 0.6 is 11.3 Å². The van der Waals surface area contributed by atoms with Crippen LogP contribution in [0.1, 0.15) is 5.56 Å². The van der Waals surface area contributed by atoms with Crippen LogP contribution in [0.2, 0.25) is 0 Å². The Balaban J connectivity index is 1.72. The molecule has 0 aliphatic rings. The standard InChI is InChI=1S/C24H18N4O2S/c1-30-21-11-6-5-10-20(21)26-24(29)17(15-25)14-18-16-28(19-8-3-2-4-9-19)27-23(18)22-12-7-13-31-22/h2-14,16H,1H3,(H,26,29)/b17-14+. The summed E-state index contributed by atoms with van der Waals surface area (Å²) in [5, 5.41) is 19.1. The number of benzene rings is 2. The van der Waals surface area contributed by atoms with Gasteiger partial charge < -0.3 is 10.1 Å². The number of anilines is 1. The molecule has 4 rings (SSSR count). The number of hydrogen-bond acceptors (Lipinski definition) is 5. The summed E-state index contributed by atoms with van der Waals surface area (Å²) in [6, 6.07) is 22.6. The van der Waals surface area contributed by atoms with Crippen LogP contribution in [0.25, 0.3) is 22.3 Å². The van der Waals surface area contributed by atoms with E-state index >= 15 is 0 Å². The van der Waals surface area contributed by atoms with Gasteiger partial charge in [-0.25, -0.2) is 4.68 Å². The lowest BCUT2D eigenvalue weighted by atomic mass is 10.1. The Morgan fingerprint density at radius 1 is 1.13 bits per heavy atom. The first-order chi connectivity index (χ1) is 15.2. The molecule has 0 bridgehead atoms. The zero-order valence-corrected chi connectivity index (χ0v) is 17.5. The van der Waals surface area contributed by atoms with Gasteiger partial charge in [-0.05, 0) is 41.8 Å². The van der Waals surface area contributed by atoms with Gasteiger partial charge in [-0.2, -0.15) is 10.4 Å². The largest absolute Gasteiger partial charge is 0.495 e. The molecule has 0 aliphatic carbocycles. The van der Waals surface area contributed by atoms with Crippen LogP contribution in [0.5, 0.6) is 5.75 Å². The molecule has 0 fully saturated rings. The first kappa shape index (κ1) is 20.1. The minimum Gasteiger partial charge on any atom is -0.495 e. The Labute approximate surface area is 183 Å². The van der Waals surface area contributed by atoms with E-state index in [0.717, 1.165) is 10.6 Å². The number of nitrogens with one attached hydrogen (secondary N) is 1. The number of hydrogen-bond donors (Lipinski definition) is 1. The summed E-state index contributed by atoms with van der Waals surface area (Å²) in [6.45, 7) is 0. The average molecular weight is 427 g/mol. The van der Waals surface area contributed by atoms with Crippen molar-refractivity contribution in [1.29, 1.82) is 5.26 Å². The van der Waals surface area contributed by atoms with Crippen LogP contribution in [-0.4, -0.2) is 22.8 Å². The SMILES string of the molecule is COc1ccccc1NC(=O)/C(C#N)=C/c1cn(-c2ccccc2)nc1-c1cccs1. The van der Waals surface area contributed by atoms with Crippen LogP contribution in [0.3, 0.4) is 0 Å². The predicted molar refractivity (Wildman–Crippen MR) is 122 cm³/mol. The third kappa shape index (κ3) is 4.39. The molecule has 0 saturated heterocycles. The minimum atomic E-state index is -0.517. The third-order valence-corrected chi connectivity index (χ3v) is 5.41. The zero-order chi connectivity index (χ0) is 21.6. The monoisotopic (exact) mass is 426 g/mol. The zero-order valence-electron chi connectivity index (χ0n) is 16.6. The number of para-hydroxylation sites is 3. The van der Waals surface area contributed by atoms with Gasteiger partial charge in [0.15, 0.2) is 0 Å². The summed E-state index contributed by atoms with van der Waals surface area (Å²) in [5.74, 6) is 0.000835. The lowest BCUT2D eigenvalue weighted by Gasteiger charge is -2.09. The number of rotatable bonds is 6. The highest BCUT2D eigenvalue weighted by Gasteiger charge is 2.16. The molecule has 4 aromatic rings. The summed E-state index contributed by atoms with van der Waals surface area (Å²) >= 11 is 1.54. The van der Waals surface area contributed by atoms with E-state index in [2.05, 4.69) is 5.32 Å². The van der Waals surface area contributed by atoms with Crippen molar-refractivity contribution in [2.24, 2.45) is 0 Å². The van der Waals surface area contributed by atoms with Gasteiger partial charge in [0.1, 0.15) is 23.1 Å². The maximum atomic E-state index is 12.8. The van der Waals surface area contributed by atoms with E-state index in [0.29, 0.717) is 22.7 Å². The summed E-state index contributed by atoms with van der Waals surface area (Å²) in [5.41, 5.74) is 2.73. The fourth-order valence-electron chi connectivity index (χ4n) is 3.05. The third-order valence-electron chi connectivity index (χ3n) is 4.54. The van der Waals surface area contributed by atoms with Crippen LogP contribution < -0.4 is 10.1 Å². The second-order valence-corrected chi connectivity index (χ2v) is 7.46. The Morgan fingerprint density at radius 3 is 2.61 bits per heavy atom. The van der Waals surface area contributed by atoms with Crippen LogP contribution in [0.15, 0.2) is 83.9 Å². The molecule has 152 valence electrons. The summed E-state index contributed by atoms with van der Waals surface area (Å²) in [7, 11) is 1.53. The highest BCUT2D eigenvalue weighted by molar-refractivity contribution is 7.13. The predicted octanol–water partition coefficient (Wildman–Crippen LogP) is 5.16. The Bertz CT molecular complexity index is 1270. The minimum absolute atomic E-state index is 0.0312. The molecule has 0 unspecified atom stereocenters. The van der Waals surface area contributed by atoms with Crippen molar-refractivity contribution in [2.45, 2.75) is 0 Å². The van der Waals surface area contributed by atoms with Gasteiger partial charge in [0.25, 0.3) is 5.91 Å². The molecule has 1 N–H and O–H groups in total. The molecular weight excluding hydrogens is 408 g/mol. The highest BCUT2D eigenvalue weighted by atomic mass is 32.1. The van der Waals surface area contributed by atoms with Crippen molar-refractivity contribution >= 4 is 29.0 Å². The number of thiophene rings is 1. The number of nitrogens with zero attached hydrogens (tertiary/aromatic N) is 3. The van der Waals surface area contributed by atoms with Gasteiger partial charge in [0, 0.05) is 11.8 Å². The molecule has 0 radical (unpaired) electrons. The molecule has 2 heterocycles. The smallest absolute Gasteiger partial charge is 0.266 e. The molecule has 31 heavy (non-hydrogen) atoms. The number of ether oxygens (including phenoxy) is 1. The fraction of sp³-hybridized carbons (Fsp3) is 0.0417.